The molecule has 6 bridgehead atoms. The van der Waals surface area contributed by atoms with Gasteiger partial charge in [0.25, 0.3) is 0 Å². The first-order chi connectivity index (χ1) is 21.5. The summed E-state index contributed by atoms with van der Waals surface area (Å²) in [5, 5.41) is 2.32. The first kappa shape index (κ1) is 27.6. The minimum absolute atomic E-state index is 0.0747. The van der Waals surface area contributed by atoms with Crippen molar-refractivity contribution in [3.8, 4) is 17.3 Å². The first-order valence-corrected chi connectivity index (χ1v) is 15.8. The Labute approximate surface area is 254 Å². The third-order valence-electron chi connectivity index (χ3n) is 10.0. The maximum Gasteiger partial charge on any atom is 0.319 e. The third-order valence-corrected chi connectivity index (χ3v) is 10.0. The van der Waals surface area contributed by atoms with Crippen LogP contribution in [0.5, 0.6) is 6.01 Å². The number of carbonyl (C=O) groups is 1. The molecule has 44 heavy (non-hydrogen) atoms. The van der Waals surface area contributed by atoms with Gasteiger partial charge < -0.3 is 14.4 Å². The highest BCUT2D eigenvalue weighted by Gasteiger charge is 2.49. The van der Waals surface area contributed by atoms with Gasteiger partial charge in [-0.15, -0.1) is 0 Å². The quantitative estimate of drug-likeness (QED) is 0.280. The van der Waals surface area contributed by atoms with Gasteiger partial charge in [-0.05, 0) is 54.5 Å². The molecule has 9 rings (SSSR count). The summed E-state index contributed by atoms with van der Waals surface area (Å²) < 4.78 is 43.2. The topological polar surface area (TPSA) is 80.7 Å². The van der Waals surface area contributed by atoms with E-state index in [2.05, 4.69) is 19.8 Å². The maximum atomic E-state index is 16.8. The van der Waals surface area contributed by atoms with Gasteiger partial charge in [0.15, 0.2) is 5.82 Å². The van der Waals surface area contributed by atoms with Gasteiger partial charge in [0.05, 0.1) is 24.0 Å². The van der Waals surface area contributed by atoms with Crippen LogP contribution in [0.3, 0.4) is 0 Å². The normalized spacial score (nSPS) is 25.6. The number of piperidine rings is 1. The molecule has 0 amide bonds. The lowest BCUT2D eigenvalue weighted by atomic mass is 9.94. The largest absolute Gasteiger partial charge is 0.465 e. The van der Waals surface area contributed by atoms with Crippen LogP contribution in [0.4, 0.5) is 14.6 Å². The second kappa shape index (κ2) is 10.9. The zero-order chi connectivity index (χ0) is 29.8. The Morgan fingerprint density at radius 3 is 2.89 bits per heavy atom. The Balaban J connectivity index is 1.28. The summed E-state index contributed by atoms with van der Waals surface area (Å²) in [5.74, 6) is -0.121. The zero-order valence-electron chi connectivity index (χ0n) is 24.6. The van der Waals surface area contributed by atoms with Crippen LogP contribution in [0, 0.1) is 11.7 Å². The SMILES string of the molecule is O=C1C[C@H]2CCCN(C2)c2nc(OC[C@@]34CCCN3C[C@H](F)C4)nc3c(F)c(ncc23)-c2cccc3cccc(c23)CCO1. The van der Waals surface area contributed by atoms with Gasteiger partial charge in [-0.2, -0.15) is 9.97 Å². The molecule has 3 saturated heterocycles. The standard InChI is InChI=1S/C34H35F2N5O3/c35-24-16-34(11-4-13-41(34)19-24)20-44-33-38-31-26-17-37-30(29(31)36)25-9-2-8-22-6-1-7-23(28(22)25)10-14-43-27(42)15-21-5-3-12-40(18-21)32(26)39-33/h1-2,6-9,17,21,24H,3-5,10-16,18-20H2/t21-,24-,34+/m1/s1. The number of hydrogen-bond donors (Lipinski definition) is 0. The second-order valence-corrected chi connectivity index (χ2v) is 12.8. The predicted octanol–water partition coefficient (Wildman–Crippen LogP) is 5.65. The molecule has 3 atom stereocenters. The molecular weight excluding hydrogens is 564 g/mol. The smallest absolute Gasteiger partial charge is 0.319 e. The number of pyridine rings is 1. The van der Waals surface area contributed by atoms with Crippen LogP contribution < -0.4 is 9.64 Å². The molecule has 2 aromatic heterocycles. The number of benzene rings is 2. The van der Waals surface area contributed by atoms with Crippen molar-refractivity contribution in [2.75, 3.05) is 44.3 Å². The Morgan fingerprint density at radius 1 is 1.09 bits per heavy atom. The molecule has 5 aliphatic heterocycles. The number of rotatable bonds is 3. The molecule has 228 valence electrons. The molecule has 8 nitrogen and oxygen atoms in total. The van der Waals surface area contributed by atoms with E-state index in [1.165, 1.54) is 0 Å². The maximum absolute atomic E-state index is 16.8. The van der Waals surface area contributed by atoms with Crippen molar-refractivity contribution in [2.24, 2.45) is 5.92 Å². The van der Waals surface area contributed by atoms with Crippen molar-refractivity contribution >= 4 is 33.5 Å². The van der Waals surface area contributed by atoms with Crippen molar-refractivity contribution < 1.29 is 23.0 Å². The van der Waals surface area contributed by atoms with E-state index in [-0.39, 0.29) is 47.9 Å². The molecule has 0 N–H and O–H groups in total. The Morgan fingerprint density at radius 2 is 1.98 bits per heavy atom. The minimum atomic E-state index is -0.882. The highest BCUT2D eigenvalue weighted by atomic mass is 19.1. The summed E-state index contributed by atoms with van der Waals surface area (Å²) in [5.41, 5.74) is 1.57. The number of aromatic nitrogens is 3. The van der Waals surface area contributed by atoms with Crippen molar-refractivity contribution in [2.45, 2.75) is 56.7 Å². The Kier molecular flexibility index (Phi) is 6.85. The number of esters is 1. The number of nitrogens with zero attached hydrogens (tertiary/aromatic N) is 5. The number of alkyl halides is 1. The Bertz CT molecular complexity index is 1760. The van der Waals surface area contributed by atoms with Crippen LogP contribution in [-0.4, -0.2) is 76.9 Å². The summed E-state index contributed by atoms with van der Waals surface area (Å²) in [6.07, 6.45) is 5.62. The summed E-state index contributed by atoms with van der Waals surface area (Å²) in [7, 11) is 0. The number of carbonyl (C=O) groups excluding carboxylic acids is 1. The monoisotopic (exact) mass is 599 g/mol. The van der Waals surface area contributed by atoms with Crippen molar-refractivity contribution in [1.82, 2.24) is 19.9 Å². The number of anilines is 1. The van der Waals surface area contributed by atoms with Crippen LogP contribution in [0.15, 0.2) is 42.6 Å². The van der Waals surface area contributed by atoms with E-state index in [1.54, 1.807) is 6.20 Å². The molecule has 0 radical (unpaired) electrons. The van der Waals surface area contributed by atoms with Gasteiger partial charge >= 0.3 is 12.0 Å². The molecule has 10 heteroatoms. The van der Waals surface area contributed by atoms with Crippen molar-refractivity contribution in [3.05, 3.63) is 54.0 Å². The lowest BCUT2D eigenvalue weighted by Crippen LogP contribution is -2.43. The van der Waals surface area contributed by atoms with Crippen LogP contribution in [0.1, 0.15) is 44.1 Å². The molecule has 0 unspecified atom stereocenters. The molecule has 0 aliphatic carbocycles. The van der Waals surface area contributed by atoms with Gasteiger partial charge in [0, 0.05) is 44.2 Å². The summed E-state index contributed by atoms with van der Waals surface area (Å²) in [6, 6.07) is 11.8. The summed E-state index contributed by atoms with van der Waals surface area (Å²) in [4.78, 5) is 31.3. The lowest BCUT2D eigenvalue weighted by Gasteiger charge is -2.34. The van der Waals surface area contributed by atoms with Gasteiger partial charge in [-0.1, -0.05) is 36.4 Å². The van der Waals surface area contributed by atoms with E-state index < -0.39 is 12.0 Å². The van der Waals surface area contributed by atoms with E-state index in [4.69, 9.17) is 14.5 Å². The molecule has 7 heterocycles. The molecule has 5 aliphatic rings. The fourth-order valence-electron chi connectivity index (χ4n) is 7.98. The minimum Gasteiger partial charge on any atom is -0.465 e. The van der Waals surface area contributed by atoms with Crippen LogP contribution in [0.2, 0.25) is 0 Å². The molecule has 4 aromatic rings. The highest BCUT2D eigenvalue weighted by Crippen LogP contribution is 2.41. The molecule has 3 fully saturated rings. The summed E-state index contributed by atoms with van der Waals surface area (Å²) >= 11 is 0. The van der Waals surface area contributed by atoms with Crippen LogP contribution >= 0.6 is 0 Å². The van der Waals surface area contributed by atoms with Gasteiger partial charge in [0.1, 0.15) is 29.8 Å². The van der Waals surface area contributed by atoms with E-state index in [0.29, 0.717) is 55.7 Å². The summed E-state index contributed by atoms with van der Waals surface area (Å²) in [6.45, 7) is 3.05. The van der Waals surface area contributed by atoms with Crippen molar-refractivity contribution in [3.63, 3.8) is 0 Å². The van der Waals surface area contributed by atoms with E-state index >= 15 is 4.39 Å². The van der Waals surface area contributed by atoms with Gasteiger partial charge in [0.2, 0.25) is 0 Å². The second-order valence-electron chi connectivity index (χ2n) is 12.8. The Hall–Kier alpha value is -3.92. The fourth-order valence-corrected chi connectivity index (χ4v) is 7.98. The van der Waals surface area contributed by atoms with E-state index in [1.807, 2.05) is 36.4 Å². The van der Waals surface area contributed by atoms with Gasteiger partial charge in [-0.3, -0.25) is 14.7 Å². The third kappa shape index (κ3) is 4.74. The average molecular weight is 600 g/mol. The van der Waals surface area contributed by atoms with Crippen LogP contribution in [-0.2, 0) is 16.0 Å². The first-order valence-electron chi connectivity index (χ1n) is 15.8. The molecule has 0 spiro atoms. The molecule has 0 saturated carbocycles. The van der Waals surface area contributed by atoms with Gasteiger partial charge in [-0.25, -0.2) is 8.78 Å². The van der Waals surface area contributed by atoms with Crippen LogP contribution in [0.25, 0.3) is 32.9 Å². The number of halogens is 2. The number of hydrogen-bond acceptors (Lipinski definition) is 8. The number of ether oxygens (including phenoxy) is 2. The molecular formula is C34H35F2N5O3. The average Bonchev–Trinajstić information content (AvgIpc) is 3.55. The lowest BCUT2D eigenvalue weighted by molar-refractivity contribution is -0.144. The number of fused-ring (bicyclic) bond motifs is 6. The highest BCUT2D eigenvalue weighted by molar-refractivity contribution is 6.00. The van der Waals surface area contributed by atoms with Crippen molar-refractivity contribution in [1.29, 1.82) is 0 Å². The zero-order valence-corrected chi connectivity index (χ0v) is 24.6. The van der Waals surface area contributed by atoms with E-state index in [0.717, 1.165) is 48.6 Å². The van der Waals surface area contributed by atoms with E-state index in [9.17, 15) is 9.18 Å². The fraction of sp³-hybridized carbons (Fsp3) is 0.471. The molecule has 2 aromatic carbocycles. The predicted molar refractivity (Wildman–Crippen MR) is 163 cm³/mol.